The van der Waals surface area contributed by atoms with E-state index in [-0.39, 0.29) is 0 Å². The van der Waals surface area contributed by atoms with Crippen molar-refractivity contribution in [2.24, 2.45) is 0 Å². The van der Waals surface area contributed by atoms with Crippen LogP contribution < -0.4 is 5.19 Å². The second-order valence-electron chi connectivity index (χ2n) is 1.65. The minimum Gasteiger partial charge on any atom is -0.124 e. The highest BCUT2D eigenvalue weighted by atomic mass is 28.1. The van der Waals surface area contributed by atoms with Gasteiger partial charge in [-0.05, 0) is 0 Å². The third-order valence-electron chi connectivity index (χ3n) is 0.940. The van der Waals surface area contributed by atoms with Crippen LogP contribution in [0.2, 0.25) is 0 Å². The number of rotatable bonds is 0. The summed E-state index contributed by atoms with van der Waals surface area (Å²) in [6.45, 7) is 0. The molecule has 11 heavy (non-hydrogen) atoms. The van der Waals surface area contributed by atoms with Crippen molar-refractivity contribution in [1.82, 2.24) is 0 Å². The molecule has 0 nitrogen and oxygen atoms in total. The van der Waals surface area contributed by atoms with Crippen LogP contribution in [-0.4, -0.2) is 10.2 Å². The van der Waals surface area contributed by atoms with Gasteiger partial charge in [0.25, 0.3) is 0 Å². The first-order valence-corrected chi connectivity index (χ1v) is 4.08. The van der Waals surface area contributed by atoms with Crippen LogP contribution >= 0.6 is 0 Å². The molecule has 56 valence electrons. The maximum atomic E-state index is 4.00. The zero-order valence-corrected chi connectivity index (χ0v) is 8.70. The monoisotopic (exact) mass is 160 g/mol. The van der Waals surface area contributed by atoms with Gasteiger partial charge in [-0.1, -0.05) is 35.5 Å². The van der Waals surface area contributed by atoms with Crippen LogP contribution in [-0.2, 0) is 0 Å². The highest BCUT2D eigenvalue weighted by Gasteiger charge is 1.72. The second-order valence-corrected chi connectivity index (χ2v) is 2.81. The number of benzene rings is 1. The van der Waals surface area contributed by atoms with E-state index >= 15 is 0 Å². The molecule has 0 aliphatic rings. The van der Waals surface area contributed by atoms with Crippen molar-refractivity contribution in [3.8, 4) is 25.7 Å². The lowest BCUT2D eigenvalue weighted by Crippen LogP contribution is -1.97. The van der Waals surface area contributed by atoms with Gasteiger partial charge in [0.05, 0.1) is 0 Å². The molecule has 1 aromatic carbocycles. The average molecular weight is 160 g/mol. The Hall–Kier alpha value is -1.44. The molecule has 0 unspecified atom stereocenters. The molecule has 0 spiro atoms. The van der Waals surface area contributed by atoms with Crippen molar-refractivity contribution < 1.29 is 0 Å². The fourth-order valence-corrected chi connectivity index (χ4v) is 0.919. The molecule has 0 saturated heterocycles. The summed E-state index contributed by atoms with van der Waals surface area (Å²) < 4.78 is 0. The lowest BCUT2D eigenvalue weighted by Gasteiger charge is -1.82. The molecular formula is C10H12Si. The molecule has 0 amide bonds. The van der Waals surface area contributed by atoms with Gasteiger partial charge >= 0.3 is 0 Å². The van der Waals surface area contributed by atoms with Crippen LogP contribution in [0.1, 0.15) is 0 Å². The molecule has 1 aromatic rings. The van der Waals surface area contributed by atoms with Gasteiger partial charge in [-0.15, -0.1) is 25.7 Å². The van der Waals surface area contributed by atoms with Crippen molar-refractivity contribution in [2.75, 3.05) is 0 Å². The van der Waals surface area contributed by atoms with Gasteiger partial charge in [-0.25, -0.2) is 0 Å². The van der Waals surface area contributed by atoms with Crippen LogP contribution in [0.25, 0.3) is 0 Å². The lowest BCUT2D eigenvalue weighted by molar-refractivity contribution is 1.78. The van der Waals surface area contributed by atoms with E-state index in [0.717, 1.165) is 0 Å². The van der Waals surface area contributed by atoms with Crippen LogP contribution in [0.15, 0.2) is 30.3 Å². The summed E-state index contributed by atoms with van der Waals surface area (Å²) in [5.41, 5.74) is 0. The smallest absolute Gasteiger partial charge is 0.0384 e. The van der Waals surface area contributed by atoms with Gasteiger partial charge in [-0.3, -0.25) is 0 Å². The summed E-state index contributed by atoms with van der Waals surface area (Å²) in [5, 5.41) is 1.46. The maximum Gasteiger partial charge on any atom is 0.0384 e. The molecule has 0 atom stereocenters. The SMILES string of the molecule is C#C.C#C.[SiH3]c1ccccc1. The quantitative estimate of drug-likeness (QED) is 0.375. The molecule has 1 heteroatoms. The van der Waals surface area contributed by atoms with Gasteiger partial charge in [0.1, 0.15) is 0 Å². The molecule has 0 fully saturated rings. The van der Waals surface area contributed by atoms with E-state index < -0.39 is 0 Å². The Morgan fingerprint density at radius 2 is 1.18 bits per heavy atom. The summed E-state index contributed by atoms with van der Waals surface area (Å²) in [5.74, 6) is 0. The minimum absolute atomic E-state index is 1.17. The Morgan fingerprint density at radius 1 is 0.818 bits per heavy atom. The fourth-order valence-electron chi connectivity index (χ4n) is 0.534. The molecule has 0 N–H and O–H groups in total. The van der Waals surface area contributed by atoms with Crippen molar-refractivity contribution in [3.05, 3.63) is 30.3 Å². The highest BCUT2D eigenvalue weighted by Crippen LogP contribution is 1.76. The Balaban J connectivity index is 0. The van der Waals surface area contributed by atoms with Crippen LogP contribution in [0, 0.1) is 25.7 Å². The van der Waals surface area contributed by atoms with Gasteiger partial charge in [0.15, 0.2) is 0 Å². The van der Waals surface area contributed by atoms with Gasteiger partial charge < -0.3 is 0 Å². The zero-order valence-electron chi connectivity index (χ0n) is 6.70. The number of terminal acetylenes is 2. The van der Waals surface area contributed by atoms with Crippen LogP contribution in [0.3, 0.4) is 0 Å². The average Bonchev–Trinajstić information content (AvgIpc) is 2.13. The predicted octanol–water partition coefficient (Wildman–Crippen LogP) is 0.176. The first-order chi connectivity index (χ1) is 5.39. The normalized spacial score (nSPS) is 6.18. The molecule has 0 radical (unpaired) electrons. The molecule has 0 saturated carbocycles. The topological polar surface area (TPSA) is 0 Å². The first-order valence-electron chi connectivity index (χ1n) is 3.08. The third kappa shape index (κ3) is 8.56. The lowest BCUT2D eigenvalue weighted by atomic mass is 10.4. The summed E-state index contributed by atoms with van der Waals surface area (Å²) >= 11 is 0. The van der Waals surface area contributed by atoms with Crippen molar-refractivity contribution >= 4 is 15.4 Å². The molecule has 0 aliphatic carbocycles. The maximum absolute atomic E-state index is 4.00. The summed E-state index contributed by atoms with van der Waals surface area (Å²) in [4.78, 5) is 0. The Morgan fingerprint density at radius 3 is 1.36 bits per heavy atom. The molecular weight excluding hydrogens is 148 g/mol. The minimum atomic E-state index is 1.17. The zero-order chi connectivity index (χ0) is 9.11. The van der Waals surface area contributed by atoms with E-state index in [2.05, 4.69) is 50.0 Å². The Bertz CT molecular complexity index is 190. The fraction of sp³-hybridized carbons (Fsp3) is 0. The summed E-state index contributed by atoms with van der Waals surface area (Å²) in [7, 11) is 1.17. The van der Waals surface area contributed by atoms with E-state index in [1.54, 1.807) is 0 Å². The molecule has 0 aliphatic heterocycles. The second kappa shape index (κ2) is 11.4. The summed E-state index contributed by atoms with van der Waals surface area (Å²) in [6, 6.07) is 10.5. The molecule has 0 heterocycles. The molecule has 0 bridgehead atoms. The number of hydrogen-bond donors (Lipinski definition) is 0. The third-order valence-corrected chi connectivity index (χ3v) is 1.61. The molecule has 0 aromatic heterocycles. The van der Waals surface area contributed by atoms with Crippen LogP contribution in [0.5, 0.6) is 0 Å². The van der Waals surface area contributed by atoms with Crippen LogP contribution in [0.4, 0.5) is 0 Å². The van der Waals surface area contributed by atoms with E-state index in [4.69, 9.17) is 0 Å². The van der Waals surface area contributed by atoms with Crippen molar-refractivity contribution in [2.45, 2.75) is 0 Å². The predicted molar refractivity (Wildman–Crippen MR) is 55.8 cm³/mol. The van der Waals surface area contributed by atoms with E-state index in [9.17, 15) is 0 Å². The first kappa shape index (κ1) is 12.3. The van der Waals surface area contributed by atoms with Crippen molar-refractivity contribution in [1.29, 1.82) is 0 Å². The highest BCUT2D eigenvalue weighted by molar-refractivity contribution is 6.32. The van der Waals surface area contributed by atoms with Gasteiger partial charge in [-0.2, -0.15) is 0 Å². The van der Waals surface area contributed by atoms with Gasteiger partial charge in [0, 0.05) is 10.2 Å². The largest absolute Gasteiger partial charge is 0.124 e. The van der Waals surface area contributed by atoms with E-state index in [0.29, 0.717) is 0 Å². The molecule has 1 rings (SSSR count). The summed E-state index contributed by atoms with van der Waals surface area (Å²) in [6.07, 6.45) is 16.0. The number of hydrogen-bond acceptors (Lipinski definition) is 0. The van der Waals surface area contributed by atoms with Gasteiger partial charge in [0.2, 0.25) is 0 Å². The van der Waals surface area contributed by atoms with E-state index in [1.165, 1.54) is 15.4 Å². The Kier molecular flexibility index (Phi) is 12.7. The van der Waals surface area contributed by atoms with Crippen molar-refractivity contribution in [3.63, 3.8) is 0 Å². The Labute approximate surface area is 72.1 Å². The standard InChI is InChI=1S/C6H8Si.2C2H2/c7-6-4-2-1-3-5-6;2*1-2/h1-5H,7H3;2*1-2H. The van der Waals surface area contributed by atoms with E-state index in [1.807, 2.05) is 6.07 Å².